The molecule has 2 aromatic heterocycles. The summed E-state index contributed by atoms with van der Waals surface area (Å²) < 4.78 is 10.6. The van der Waals surface area contributed by atoms with E-state index in [0.717, 1.165) is 22.8 Å². The molecule has 2 aromatic rings. The van der Waals surface area contributed by atoms with Crippen molar-refractivity contribution in [2.45, 2.75) is 24.1 Å². The number of rotatable bonds is 6. The Labute approximate surface area is 123 Å². The van der Waals surface area contributed by atoms with Crippen molar-refractivity contribution in [2.75, 3.05) is 14.2 Å². The van der Waals surface area contributed by atoms with Gasteiger partial charge >= 0.3 is 0 Å². The SMILES string of the molecule is CCc1cc(OC)nc(OC)c1CSc1ccccn1. The molecule has 0 aromatic carbocycles. The van der Waals surface area contributed by atoms with Crippen LogP contribution in [-0.2, 0) is 12.2 Å². The summed E-state index contributed by atoms with van der Waals surface area (Å²) in [5, 5.41) is 0.993. The van der Waals surface area contributed by atoms with Crippen molar-refractivity contribution in [1.29, 1.82) is 0 Å². The quantitative estimate of drug-likeness (QED) is 0.763. The molecule has 0 aliphatic heterocycles. The van der Waals surface area contributed by atoms with Gasteiger partial charge in [-0.3, -0.25) is 0 Å². The van der Waals surface area contributed by atoms with Crippen molar-refractivity contribution in [3.05, 3.63) is 41.6 Å². The third kappa shape index (κ3) is 3.42. The molecule has 0 fully saturated rings. The van der Waals surface area contributed by atoms with Crippen LogP contribution in [0.4, 0.5) is 0 Å². The first-order valence-corrected chi connectivity index (χ1v) is 7.41. The molecule has 0 unspecified atom stereocenters. The highest BCUT2D eigenvalue weighted by atomic mass is 32.2. The summed E-state index contributed by atoms with van der Waals surface area (Å²) in [6.45, 7) is 2.11. The van der Waals surface area contributed by atoms with Gasteiger partial charge in [0.05, 0.1) is 19.2 Å². The third-order valence-electron chi connectivity index (χ3n) is 2.94. The van der Waals surface area contributed by atoms with Gasteiger partial charge in [0, 0.05) is 23.6 Å². The van der Waals surface area contributed by atoms with Crippen LogP contribution in [0.15, 0.2) is 35.5 Å². The van der Waals surface area contributed by atoms with Crippen LogP contribution in [0.2, 0.25) is 0 Å². The second kappa shape index (κ2) is 7.14. The Balaban J connectivity index is 2.25. The van der Waals surface area contributed by atoms with E-state index in [1.807, 2.05) is 24.3 Å². The van der Waals surface area contributed by atoms with Crippen LogP contribution in [-0.4, -0.2) is 24.2 Å². The summed E-state index contributed by atoms with van der Waals surface area (Å²) in [4.78, 5) is 8.67. The van der Waals surface area contributed by atoms with E-state index in [9.17, 15) is 0 Å². The van der Waals surface area contributed by atoms with Crippen LogP contribution in [0.3, 0.4) is 0 Å². The molecule has 4 nitrogen and oxygen atoms in total. The molecule has 0 amide bonds. The molecule has 2 rings (SSSR count). The number of thioether (sulfide) groups is 1. The van der Waals surface area contributed by atoms with Crippen LogP contribution in [0, 0.1) is 0 Å². The zero-order valence-electron chi connectivity index (χ0n) is 11.9. The van der Waals surface area contributed by atoms with E-state index in [-0.39, 0.29) is 0 Å². The molecule has 0 aliphatic carbocycles. The third-order valence-corrected chi connectivity index (χ3v) is 3.91. The smallest absolute Gasteiger partial charge is 0.220 e. The number of aryl methyl sites for hydroxylation is 1. The lowest BCUT2D eigenvalue weighted by Gasteiger charge is -2.13. The highest BCUT2D eigenvalue weighted by molar-refractivity contribution is 7.98. The number of aromatic nitrogens is 2. The topological polar surface area (TPSA) is 44.2 Å². The molecule has 0 aliphatic rings. The highest BCUT2D eigenvalue weighted by Crippen LogP contribution is 2.31. The number of hydrogen-bond donors (Lipinski definition) is 0. The van der Waals surface area contributed by atoms with Crippen LogP contribution in [0.5, 0.6) is 11.8 Å². The molecule has 106 valence electrons. The molecule has 0 bridgehead atoms. The van der Waals surface area contributed by atoms with Crippen molar-refractivity contribution < 1.29 is 9.47 Å². The van der Waals surface area contributed by atoms with Crippen LogP contribution >= 0.6 is 11.8 Å². The van der Waals surface area contributed by atoms with Gasteiger partial charge in [-0.05, 0) is 24.1 Å². The molecule has 2 heterocycles. The van der Waals surface area contributed by atoms with Gasteiger partial charge in [-0.1, -0.05) is 13.0 Å². The van der Waals surface area contributed by atoms with Crippen molar-refractivity contribution >= 4 is 11.8 Å². The zero-order chi connectivity index (χ0) is 14.4. The van der Waals surface area contributed by atoms with Gasteiger partial charge < -0.3 is 9.47 Å². The normalized spacial score (nSPS) is 10.3. The molecular formula is C15H18N2O2S. The molecular weight excluding hydrogens is 272 g/mol. The first-order chi connectivity index (χ1) is 9.78. The minimum Gasteiger partial charge on any atom is -0.481 e. The Morgan fingerprint density at radius 3 is 2.65 bits per heavy atom. The van der Waals surface area contributed by atoms with Crippen molar-refractivity contribution in [3.63, 3.8) is 0 Å². The van der Waals surface area contributed by atoms with Gasteiger partial charge in [-0.15, -0.1) is 11.8 Å². The predicted molar refractivity (Wildman–Crippen MR) is 80.5 cm³/mol. The minimum absolute atomic E-state index is 0.588. The van der Waals surface area contributed by atoms with E-state index in [2.05, 4.69) is 16.9 Å². The highest BCUT2D eigenvalue weighted by Gasteiger charge is 2.13. The fourth-order valence-corrected chi connectivity index (χ4v) is 2.81. The fraction of sp³-hybridized carbons (Fsp3) is 0.333. The average molecular weight is 290 g/mol. The largest absolute Gasteiger partial charge is 0.481 e. The zero-order valence-corrected chi connectivity index (χ0v) is 12.7. The standard InChI is InChI=1S/C15H18N2O2S/c1-4-11-9-13(18-2)17-15(19-3)12(11)10-20-14-7-5-6-8-16-14/h5-9H,4,10H2,1-3H3. The van der Waals surface area contributed by atoms with E-state index in [1.165, 1.54) is 5.56 Å². The minimum atomic E-state index is 0.588. The maximum Gasteiger partial charge on any atom is 0.220 e. The second-order valence-corrected chi connectivity index (χ2v) is 5.12. The van der Waals surface area contributed by atoms with Gasteiger partial charge in [-0.2, -0.15) is 4.98 Å². The van der Waals surface area contributed by atoms with E-state index in [0.29, 0.717) is 11.8 Å². The first kappa shape index (κ1) is 14.7. The van der Waals surface area contributed by atoms with Crippen molar-refractivity contribution in [2.24, 2.45) is 0 Å². The van der Waals surface area contributed by atoms with E-state index in [4.69, 9.17) is 9.47 Å². The summed E-state index contributed by atoms with van der Waals surface area (Å²) >= 11 is 1.67. The molecule has 0 saturated carbocycles. The van der Waals surface area contributed by atoms with Gasteiger partial charge in [0.15, 0.2) is 0 Å². The van der Waals surface area contributed by atoms with Crippen LogP contribution in [0.1, 0.15) is 18.1 Å². The van der Waals surface area contributed by atoms with Crippen molar-refractivity contribution in [1.82, 2.24) is 9.97 Å². The molecule has 0 spiro atoms. The number of nitrogens with zero attached hydrogens (tertiary/aromatic N) is 2. The Morgan fingerprint density at radius 2 is 2.05 bits per heavy atom. The lowest BCUT2D eigenvalue weighted by Crippen LogP contribution is -2.01. The van der Waals surface area contributed by atoms with Gasteiger partial charge in [0.1, 0.15) is 0 Å². The Hall–Kier alpha value is -1.75. The van der Waals surface area contributed by atoms with E-state index >= 15 is 0 Å². The molecule has 0 N–H and O–H groups in total. The Kier molecular flexibility index (Phi) is 5.24. The molecule has 0 atom stereocenters. The van der Waals surface area contributed by atoms with E-state index < -0.39 is 0 Å². The fourth-order valence-electron chi connectivity index (χ4n) is 1.90. The van der Waals surface area contributed by atoms with E-state index in [1.54, 1.807) is 32.2 Å². The summed E-state index contributed by atoms with van der Waals surface area (Å²) in [6, 6.07) is 7.87. The summed E-state index contributed by atoms with van der Waals surface area (Å²) in [7, 11) is 3.25. The van der Waals surface area contributed by atoms with Crippen molar-refractivity contribution in [3.8, 4) is 11.8 Å². The number of methoxy groups -OCH3 is 2. The molecule has 0 radical (unpaired) electrons. The lowest BCUT2D eigenvalue weighted by molar-refractivity contribution is 0.361. The van der Waals surface area contributed by atoms with Gasteiger partial charge in [0.25, 0.3) is 0 Å². The van der Waals surface area contributed by atoms with Gasteiger partial charge in [-0.25, -0.2) is 4.98 Å². The Morgan fingerprint density at radius 1 is 1.20 bits per heavy atom. The monoisotopic (exact) mass is 290 g/mol. The Bertz CT molecular complexity index is 536. The first-order valence-electron chi connectivity index (χ1n) is 6.43. The molecule has 20 heavy (non-hydrogen) atoms. The maximum atomic E-state index is 5.39. The predicted octanol–water partition coefficient (Wildman–Crippen LogP) is 3.35. The average Bonchev–Trinajstić information content (AvgIpc) is 2.52. The van der Waals surface area contributed by atoms with Gasteiger partial charge in [0.2, 0.25) is 11.8 Å². The number of pyridine rings is 2. The summed E-state index contributed by atoms with van der Waals surface area (Å²) in [6.07, 6.45) is 2.71. The maximum absolute atomic E-state index is 5.39. The van der Waals surface area contributed by atoms with Crippen LogP contribution in [0.25, 0.3) is 0 Å². The summed E-state index contributed by atoms with van der Waals surface area (Å²) in [5.74, 6) is 2.00. The summed E-state index contributed by atoms with van der Waals surface area (Å²) in [5.41, 5.74) is 2.29. The molecule has 5 heteroatoms. The number of hydrogen-bond acceptors (Lipinski definition) is 5. The second-order valence-electron chi connectivity index (χ2n) is 4.12. The van der Waals surface area contributed by atoms with Crippen LogP contribution < -0.4 is 9.47 Å². The number of ether oxygens (including phenoxy) is 2. The molecule has 0 saturated heterocycles. The lowest BCUT2D eigenvalue weighted by atomic mass is 10.1.